The second-order valence-corrected chi connectivity index (χ2v) is 7.12. The summed E-state index contributed by atoms with van der Waals surface area (Å²) in [6.07, 6.45) is 5.15. The highest BCUT2D eigenvalue weighted by molar-refractivity contribution is 6.30. The maximum Gasteiger partial charge on any atom is 0.248 e. The van der Waals surface area contributed by atoms with Gasteiger partial charge >= 0.3 is 0 Å². The van der Waals surface area contributed by atoms with Crippen molar-refractivity contribution in [2.75, 3.05) is 29.4 Å². The van der Waals surface area contributed by atoms with E-state index in [4.69, 9.17) is 17.3 Å². The zero-order chi connectivity index (χ0) is 19.5. The summed E-state index contributed by atoms with van der Waals surface area (Å²) in [5.74, 6) is 0.402. The summed E-state index contributed by atoms with van der Waals surface area (Å²) in [6, 6.07) is 15.4. The van der Waals surface area contributed by atoms with Crippen LogP contribution in [0.1, 0.15) is 22.0 Å². The predicted octanol–water partition coefficient (Wildman–Crippen LogP) is 3.30. The van der Waals surface area contributed by atoms with Crippen molar-refractivity contribution < 1.29 is 4.79 Å². The molecule has 1 fully saturated rings. The number of aromatic nitrogens is 2. The Hall–Kier alpha value is -3.12. The Morgan fingerprint density at radius 3 is 2.61 bits per heavy atom. The Bertz CT molecular complexity index is 964. The molecule has 1 unspecified atom stereocenters. The average molecular weight is 394 g/mol. The lowest BCUT2D eigenvalue weighted by molar-refractivity contribution is 0.100. The maximum atomic E-state index is 11.4. The molecule has 2 aromatic carbocycles. The van der Waals surface area contributed by atoms with Gasteiger partial charge in [0, 0.05) is 48.3 Å². The summed E-state index contributed by atoms with van der Waals surface area (Å²) < 4.78 is 0. The fourth-order valence-corrected chi connectivity index (χ4v) is 3.74. The number of nitrogens with two attached hydrogens (primary N) is 1. The van der Waals surface area contributed by atoms with Crippen LogP contribution in [0, 0.1) is 0 Å². The molecule has 1 saturated heterocycles. The summed E-state index contributed by atoms with van der Waals surface area (Å²) >= 11 is 6.19. The number of halogens is 1. The fraction of sp³-hybridized carbons (Fsp3) is 0.190. The first kappa shape index (κ1) is 18.3. The van der Waals surface area contributed by atoms with Gasteiger partial charge in [-0.3, -0.25) is 9.78 Å². The first-order valence-electron chi connectivity index (χ1n) is 9.05. The number of hydrogen-bond acceptors (Lipinski definition) is 5. The van der Waals surface area contributed by atoms with Gasteiger partial charge in [-0.1, -0.05) is 29.8 Å². The molecule has 3 aromatic rings. The van der Waals surface area contributed by atoms with Crippen LogP contribution in [0.3, 0.4) is 0 Å². The second-order valence-electron chi connectivity index (χ2n) is 6.68. The molecule has 0 spiro atoms. The standard InChI is InChI=1S/C21H20ClN5O/c22-17-2-1-3-18(12-17)26-10-11-27(20-13-24-8-9-25-20)19(14-26)15-4-6-16(7-5-15)21(23)28/h1-9,12-13,19H,10-11,14H2,(H2,23,28). The number of nitrogens with zero attached hydrogens (tertiary/aromatic N) is 4. The Labute approximate surface area is 168 Å². The maximum absolute atomic E-state index is 11.4. The number of carbonyl (C=O) groups excluding carboxylic acids is 1. The molecule has 142 valence electrons. The van der Waals surface area contributed by atoms with Gasteiger partial charge < -0.3 is 15.5 Å². The van der Waals surface area contributed by atoms with Crippen molar-refractivity contribution >= 4 is 29.0 Å². The van der Waals surface area contributed by atoms with Gasteiger partial charge in [0.05, 0.1) is 12.2 Å². The molecule has 1 atom stereocenters. The van der Waals surface area contributed by atoms with Gasteiger partial charge in [-0.2, -0.15) is 0 Å². The summed E-state index contributed by atoms with van der Waals surface area (Å²) in [5.41, 5.74) is 8.06. The number of rotatable bonds is 4. The van der Waals surface area contributed by atoms with Gasteiger partial charge in [0.2, 0.25) is 5.91 Å². The first-order chi connectivity index (χ1) is 13.6. The highest BCUT2D eigenvalue weighted by Crippen LogP contribution is 2.32. The fourth-order valence-electron chi connectivity index (χ4n) is 3.56. The van der Waals surface area contributed by atoms with E-state index >= 15 is 0 Å². The quantitative estimate of drug-likeness (QED) is 0.736. The van der Waals surface area contributed by atoms with Crippen LogP contribution in [0.15, 0.2) is 67.1 Å². The zero-order valence-electron chi connectivity index (χ0n) is 15.2. The third kappa shape index (κ3) is 3.77. The average Bonchev–Trinajstić information content (AvgIpc) is 2.74. The number of primary amides is 1. The summed E-state index contributed by atoms with van der Waals surface area (Å²) in [5, 5.41) is 0.719. The molecule has 2 N–H and O–H groups in total. The van der Waals surface area contributed by atoms with Crippen molar-refractivity contribution in [3.8, 4) is 0 Å². The highest BCUT2D eigenvalue weighted by Gasteiger charge is 2.29. The van der Waals surface area contributed by atoms with Crippen LogP contribution < -0.4 is 15.5 Å². The second kappa shape index (κ2) is 7.86. The molecule has 0 radical (unpaired) electrons. The molecule has 0 bridgehead atoms. The van der Waals surface area contributed by atoms with Gasteiger partial charge in [-0.25, -0.2) is 4.98 Å². The van der Waals surface area contributed by atoms with E-state index in [1.807, 2.05) is 30.3 Å². The molecule has 1 aliphatic rings. The van der Waals surface area contributed by atoms with Crippen LogP contribution in [0.2, 0.25) is 5.02 Å². The van der Waals surface area contributed by atoms with E-state index in [1.54, 1.807) is 30.7 Å². The molecule has 1 aliphatic heterocycles. The Morgan fingerprint density at radius 2 is 1.93 bits per heavy atom. The predicted molar refractivity (Wildman–Crippen MR) is 111 cm³/mol. The molecular formula is C21H20ClN5O. The molecule has 28 heavy (non-hydrogen) atoms. The molecule has 6 nitrogen and oxygen atoms in total. The SMILES string of the molecule is NC(=O)c1ccc(C2CN(c3cccc(Cl)c3)CCN2c2cnccn2)cc1. The minimum Gasteiger partial charge on any atom is -0.367 e. The summed E-state index contributed by atoms with van der Waals surface area (Å²) in [7, 11) is 0. The van der Waals surface area contributed by atoms with Crippen molar-refractivity contribution in [3.05, 3.63) is 83.3 Å². The minimum atomic E-state index is -0.429. The van der Waals surface area contributed by atoms with E-state index in [0.717, 1.165) is 41.7 Å². The lowest BCUT2D eigenvalue weighted by Crippen LogP contribution is -2.49. The van der Waals surface area contributed by atoms with Gasteiger partial charge in [0.1, 0.15) is 5.82 Å². The zero-order valence-corrected chi connectivity index (χ0v) is 16.0. The van der Waals surface area contributed by atoms with Crippen LogP contribution in [0.5, 0.6) is 0 Å². The van der Waals surface area contributed by atoms with Crippen LogP contribution in [0.4, 0.5) is 11.5 Å². The van der Waals surface area contributed by atoms with E-state index in [2.05, 4.69) is 25.8 Å². The summed E-state index contributed by atoms with van der Waals surface area (Å²) in [4.78, 5) is 24.7. The minimum absolute atomic E-state index is 0.0476. The van der Waals surface area contributed by atoms with Crippen LogP contribution in [-0.4, -0.2) is 35.5 Å². The molecule has 7 heteroatoms. The van der Waals surface area contributed by atoms with Crippen LogP contribution >= 0.6 is 11.6 Å². The van der Waals surface area contributed by atoms with Crippen LogP contribution in [0.25, 0.3) is 0 Å². The largest absolute Gasteiger partial charge is 0.367 e. The normalized spacial score (nSPS) is 16.8. The van der Waals surface area contributed by atoms with Gasteiger partial charge in [-0.15, -0.1) is 0 Å². The Kier molecular flexibility index (Phi) is 5.12. The Morgan fingerprint density at radius 1 is 1.11 bits per heavy atom. The van der Waals surface area contributed by atoms with Crippen molar-refractivity contribution in [3.63, 3.8) is 0 Å². The van der Waals surface area contributed by atoms with Crippen molar-refractivity contribution in [2.45, 2.75) is 6.04 Å². The first-order valence-corrected chi connectivity index (χ1v) is 9.42. The van der Waals surface area contributed by atoms with Gasteiger partial charge in [0.15, 0.2) is 0 Å². The monoisotopic (exact) mass is 393 g/mol. The third-order valence-corrected chi connectivity index (χ3v) is 5.21. The smallest absolute Gasteiger partial charge is 0.248 e. The number of carbonyl (C=O) groups is 1. The topological polar surface area (TPSA) is 75.4 Å². The highest BCUT2D eigenvalue weighted by atomic mass is 35.5. The number of hydrogen-bond donors (Lipinski definition) is 1. The van der Waals surface area contributed by atoms with E-state index in [-0.39, 0.29) is 6.04 Å². The lowest BCUT2D eigenvalue weighted by Gasteiger charge is -2.43. The molecule has 4 rings (SSSR count). The van der Waals surface area contributed by atoms with E-state index in [0.29, 0.717) is 5.56 Å². The molecule has 1 aromatic heterocycles. The van der Waals surface area contributed by atoms with Crippen LogP contribution in [-0.2, 0) is 0 Å². The van der Waals surface area contributed by atoms with Crippen molar-refractivity contribution in [1.29, 1.82) is 0 Å². The molecule has 1 amide bonds. The number of anilines is 2. The Balaban J connectivity index is 1.68. The van der Waals surface area contributed by atoms with Gasteiger partial charge in [0.25, 0.3) is 0 Å². The van der Waals surface area contributed by atoms with Crippen molar-refractivity contribution in [1.82, 2.24) is 9.97 Å². The van der Waals surface area contributed by atoms with Crippen molar-refractivity contribution in [2.24, 2.45) is 5.73 Å². The van der Waals surface area contributed by atoms with E-state index in [1.165, 1.54) is 0 Å². The molecule has 0 aliphatic carbocycles. The number of piperazine rings is 1. The molecule has 2 heterocycles. The third-order valence-electron chi connectivity index (χ3n) is 4.98. The molecular weight excluding hydrogens is 374 g/mol. The number of benzene rings is 2. The number of amides is 1. The summed E-state index contributed by atoms with van der Waals surface area (Å²) in [6.45, 7) is 2.38. The van der Waals surface area contributed by atoms with E-state index < -0.39 is 5.91 Å². The molecule has 0 saturated carbocycles. The van der Waals surface area contributed by atoms with E-state index in [9.17, 15) is 4.79 Å². The van der Waals surface area contributed by atoms with Gasteiger partial charge in [-0.05, 0) is 35.9 Å². The lowest BCUT2D eigenvalue weighted by atomic mass is 10.00.